The van der Waals surface area contributed by atoms with Crippen molar-refractivity contribution in [2.75, 3.05) is 33.9 Å². The van der Waals surface area contributed by atoms with Crippen LogP contribution in [0.1, 0.15) is 30.9 Å². The molecule has 2 fully saturated rings. The molecule has 0 radical (unpaired) electrons. The van der Waals surface area contributed by atoms with Crippen LogP contribution in [-0.2, 0) is 26.4 Å². The molecule has 186 valence electrons. The first-order valence-electron chi connectivity index (χ1n) is 11.7. The van der Waals surface area contributed by atoms with Crippen molar-refractivity contribution in [1.29, 1.82) is 0 Å². The molecule has 2 saturated heterocycles. The number of carbonyl (C=O) groups is 3. The zero-order chi connectivity index (χ0) is 25.0. The highest BCUT2D eigenvalue weighted by Gasteiger charge is 2.49. The van der Waals surface area contributed by atoms with Crippen LogP contribution in [0.5, 0.6) is 11.5 Å². The highest BCUT2D eigenvalue weighted by Crippen LogP contribution is 2.30. The third kappa shape index (κ3) is 5.09. The first-order chi connectivity index (χ1) is 16.9. The zero-order valence-electron chi connectivity index (χ0n) is 20.3. The minimum atomic E-state index is -1.27. The number of carbonyl (C=O) groups excluding carboxylic acids is 3. The largest absolute Gasteiger partial charge is 0.497 e. The van der Waals surface area contributed by atoms with E-state index in [-0.39, 0.29) is 25.1 Å². The maximum absolute atomic E-state index is 13.5. The van der Waals surface area contributed by atoms with E-state index < -0.39 is 17.5 Å². The maximum Gasteiger partial charge on any atom is 0.325 e. The van der Waals surface area contributed by atoms with Crippen molar-refractivity contribution in [2.45, 2.75) is 38.0 Å². The summed E-state index contributed by atoms with van der Waals surface area (Å²) in [6.45, 7) is 2.59. The molecule has 2 aliphatic heterocycles. The van der Waals surface area contributed by atoms with Gasteiger partial charge < -0.3 is 24.4 Å². The molecule has 2 atom stereocenters. The van der Waals surface area contributed by atoms with Crippen molar-refractivity contribution in [1.82, 2.24) is 15.1 Å². The van der Waals surface area contributed by atoms with E-state index in [9.17, 15) is 14.4 Å². The van der Waals surface area contributed by atoms with Gasteiger partial charge in [-0.25, -0.2) is 4.79 Å². The van der Waals surface area contributed by atoms with E-state index >= 15 is 0 Å². The van der Waals surface area contributed by atoms with Crippen LogP contribution in [0, 0.1) is 0 Å². The Morgan fingerprint density at radius 1 is 1.14 bits per heavy atom. The first-order valence-corrected chi connectivity index (χ1v) is 11.7. The molecule has 4 rings (SSSR count). The van der Waals surface area contributed by atoms with Gasteiger partial charge in [-0.1, -0.05) is 30.3 Å². The van der Waals surface area contributed by atoms with Gasteiger partial charge in [0.05, 0.1) is 20.3 Å². The highest BCUT2D eigenvalue weighted by atomic mass is 16.5. The fraction of sp³-hybridized carbons (Fsp3) is 0.423. The summed E-state index contributed by atoms with van der Waals surface area (Å²) in [7, 11) is 3.14. The van der Waals surface area contributed by atoms with Gasteiger partial charge in [0.15, 0.2) is 0 Å². The third-order valence-electron chi connectivity index (χ3n) is 6.59. The van der Waals surface area contributed by atoms with Crippen LogP contribution < -0.4 is 14.8 Å². The van der Waals surface area contributed by atoms with Crippen LogP contribution in [-0.4, -0.2) is 67.7 Å². The third-order valence-corrected chi connectivity index (χ3v) is 6.59. The van der Waals surface area contributed by atoms with Gasteiger partial charge in [-0.05, 0) is 43.5 Å². The Morgan fingerprint density at radius 2 is 1.89 bits per heavy atom. The monoisotopic (exact) mass is 481 g/mol. The van der Waals surface area contributed by atoms with Crippen LogP contribution in [0.25, 0.3) is 0 Å². The fourth-order valence-electron chi connectivity index (χ4n) is 4.52. The smallest absolute Gasteiger partial charge is 0.325 e. The van der Waals surface area contributed by atoms with Crippen LogP contribution in [0.15, 0.2) is 48.5 Å². The number of nitrogens with one attached hydrogen (secondary N) is 1. The molecular weight excluding hydrogens is 450 g/mol. The second kappa shape index (κ2) is 10.4. The lowest BCUT2D eigenvalue weighted by atomic mass is 9.92. The van der Waals surface area contributed by atoms with Gasteiger partial charge >= 0.3 is 6.03 Å². The quantitative estimate of drug-likeness (QED) is 0.553. The van der Waals surface area contributed by atoms with E-state index in [0.29, 0.717) is 30.2 Å². The van der Waals surface area contributed by atoms with Crippen molar-refractivity contribution in [3.05, 3.63) is 59.7 Å². The Morgan fingerprint density at radius 3 is 2.54 bits per heavy atom. The molecule has 9 heteroatoms. The molecule has 9 nitrogen and oxygen atoms in total. The minimum Gasteiger partial charge on any atom is -0.497 e. The van der Waals surface area contributed by atoms with Gasteiger partial charge in [0.1, 0.15) is 23.6 Å². The lowest BCUT2D eigenvalue weighted by Gasteiger charge is -2.28. The van der Waals surface area contributed by atoms with Gasteiger partial charge in [-0.2, -0.15) is 0 Å². The summed E-state index contributed by atoms with van der Waals surface area (Å²) in [4.78, 5) is 42.2. The lowest BCUT2D eigenvalue weighted by Crippen LogP contribution is -2.46. The van der Waals surface area contributed by atoms with Crippen LogP contribution in [0.4, 0.5) is 4.79 Å². The van der Waals surface area contributed by atoms with Gasteiger partial charge in [0, 0.05) is 25.3 Å². The van der Waals surface area contributed by atoms with Crippen molar-refractivity contribution in [3.63, 3.8) is 0 Å². The molecule has 0 spiro atoms. The van der Waals surface area contributed by atoms with Crippen LogP contribution in [0.3, 0.4) is 0 Å². The Kier molecular flexibility index (Phi) is 7.25. The maximum atomic E-state index is 13.5. The number of hydrogen-bond donors (Lipinski definition) is 1. The van der Waals surface area contributed by atoms with Gasteiger partial charge in [0.25, 0.3) is 5.91 Å². The lowest BCUT2D eigenvalue weighted by molar-refractivity contribution is -0.140. The van der Waals surface area contributed by atoms with E-state index in [4.69, 9.17) is 14.2 Å². The molecule has 4 amide bonds. The number of urea groups is 1. The topological polar surface area (TPSA) is 97.4 Å². The van der Waals surface area contributed by atoms with Crippen molar-refractivity contribution in [3.8, 4) is 11.5 Å². The molecule has 2 unspecified atom stereocenters. The minimum absolute atomic E-state index is 0.0821. The Bertz CT molecular complexity index is 1080. The normalized spacial score (nSPS) is 21.7. The molecule has 2 heterocycles. The first kappa shape index (κ1) is 24.5. The summed E-state index contributed by atoms with van der Waals surface area (Å²) in [6, 6.07) is 13.8. The summed E-state index contributed by atoms with van der Waals surface area (Å²) >= 11 is 0. The Labute approximate surface area is 204 Å². The summed E-state index contributed by atoms with van der Waals surface area (Å²) in [5, 5.41) is 2.75. The number of para-hydroxylation sites is 1. The SMILES string of the molecule is COc1ccc(C2(C)NC(=O)N(CC(=O)N(Cc3ccccc3OC)CC3CCCO3)C2=O)cc1. The molecule has 2 aromatic carbocycles. The Hall–Kier alpha value is -3.59. The molecule has 0 aliphatic carbocycles. The number of nitrogens with zero attached hydrogens (tertiary/aromatic N) is 2. The summed E-state index contributed by atoms with van der Waals surface area (Å²) < 4.78 is 16.4. The summed E-state index contributed by atoms with van der Waals surface area (Å²) in [5.74, 6) is 0.492. The number of benzene rings is 2. The number of amides is 4. The Balaban J connectivity index is 1.53. The molecular formula is C26H31N3O6. The predicted octanol–water partition coefficient (Wildman–Crippen LogP) is 2.68. The van der Waals surface area contributed by atoms with Crippen molar-refractivity contribution in [2.24, 2.45) is 0 Å². The van der Waals surface area contributed by atoms with E-state index in [1.54, 1.807) is 50.3 Å². The molecule has 0 saturated carbocycles. The van der Waals surface area contributed by atoms with E-state index in [1.165, 1.54) is 0 Å². The predicted molar refractivity (Wildman–Crippen MR) is 128 cm³/mol. The second-order valence-electron chi connectivity index (χ2n) is 8.90. The summed E-state index contributed by atoms with van der Waals surface area (Å²) in [6.07, 6.45) is 1.71. The average molecular weight is 482 g/mol. The zero-order valence-corrected chi connectivity index (χ0v) is 20.3. The van der Waals surface area contributed by atoms with Gasteiger partial charge in [-0.15, -0.1) is 0 Å². The number of methoxy groups -OCH3 is 2. The van der Waals surface area contributed by atoms with Crippen molar-refractivity contribution < 1.29 is 28.6 Å². The van der Waals surface area contributed by atoms with E-state index in [2.05, 4.69) is 5.32 Å². The molecule has 2 aliphatic rings. The molecule has 35 heavy (non-hydrogen) atoms. The van der Waals surface area contributed by atoms with E-state index in [0.717, 1.165) is 23.3 Å². The molecule has 2 aromatic rings. The number of hydrogen-bond acceptors (Lipinski definition) is 6. The molecule has 0 bridgehead atoms. The summed E-state index contributed by atoms with van der Waals surface area (Å²) in [5.41, 5.74) is 0.171. The standard InChI is InChI=1S/C26H31N3O6/c1-26(19-10-12-20(33-2)13-11-19)24(31)29(25(32)27-26)17-23(30)28(16-21-8-6-14-35-21)15-18-7-4-5-9-22(18)34-3/h4-5,7,9-13,21H,6,8,14-17H2,1-3H3,(H,27,32). The number of imide groups is 1. The van der Waals surface area contributed by atoms with Crippen molar-refractivity contribution >= 4 is 17.8 Å². The highest BCUT2D eigenvalue weighted by molar-refractivity contribution is 6.09. The number of rotatable bonds is 9. The van der Waals surface area contributed by atoms with Gasteiger partial charge in [-0.3, -0.25) is 14.5 Å². The van der Waals surface area contributed by atoms with Crippen LogP contribution >= 0.6 is 0 Å². The van der Waals surface area contributed by atoms with Gasteiger partial charge in [0.2, 0.25) is 5.91 Å². The fourth-order valence-corrected chi connectivity index (χ4v) is 4.52. The average Bonchev–Trinajstić information content (AvgIpc) is 3.46. The van der Waals surface area contributed by atoms with Crippen LogP contribution in [0.2, 0.25) is 0 Å². The molecule has 1 N–H and O–H groups in total. The second-order valence-corrected chi connectivity index (χ2v) is 8.90. The van der Waals surface area contributed by atoms with E-state index in [1.807, 2.05) is 24.3 Å². The number of ether oxygens (including phenoxy) is 3. The molecule has 0 aromatic heterocycles.